The van der Waals surface area contributed by atoms with Crippen molar-refractivity contribution in [2.45, 2.75) is 38.7 Å². The van der Waals surface area contributed by atoms with Crippen LogP contribution in [0.3, 0.4) is 0 Å². The lowest BCUT2D eigenvalue weighted by Gasteiger charge is -2.19. The Hall–Kier alpha value is -3.30. The van der Waals surface area contributed by atoms with Gasteiger partial charge in [-0.1, -0.05) is 48.4 Å². The van der Waals surface area contributed by atoms with E-state index >= 15 is 0 Å². The van der Waals surface area contributed by atoms with Gasteiger partial charge in [0.25, 0.3) is 11.8 Å². The molecule has 3 aromatic rings. The highest BCUT2D eigenvalue weighted by Gasteiger charge is 2.15. The SMILES string of the molecule is O=C(NCCCN1CCCCCC1)c1cccc(NC(=O)c2nnc(COc3ccccc3)s2)c1. The van der Waals surface area contributed by atoms with Crippen LogP contribution in [0.25, 0.3) is 0 Å². The molecule has 9 heteroatoms. The maximum Gasteiger partial charge on any atom is 0.286 e. The van der Waals surface area contributed by atoms with E-state index in [0.717, 1.165) is 31.8 Å². The summed E-state index contributed by atoms with van der Waals surface area (Å²) in [6.07, 6.45) is 6.11. The fourth-order valence-corrected chi connectivity index (χ4v) is 4.60. The van der Waals surface area contributed by atoms with Crippen LogP contribution in [0.1, 0.15) is 57.3 Å². The van der Waals surface area contributed by atoms with Crippen molar-refractivity contribution in [3.63, 3.8) is 0 Å². The Balaban J connectivity index is 1.23. The first kappa shape index (κ1) is 24.8. The van der Waals surface area contributed by atoms with Crippen LogP contribution in [0.4, 0.5) is 5.69 Å². The quantitative estimate of drug-likeness (QED) is 0.407. The molecule has 8 nitrogen and oxygen atoms in total. The number of carbonyl (C=O) groups is 2. The predicted octanol–water partition coefficient (Wildman–Crippen LogP) is 4.37. The third-order valence-corrected chi connectivity index (χ3v) is 6.68. The number of para-hydroxylation sites is 1. The molecule has 0 bridgehead atoms. The largest absolute Gasteiger partial charge is 0.486 e. The fraction of sp³-hybridized carbons (Fsp3) is 0.385. The molecule has 0 aliphatic carbocycles. The maximum atomic E-state index is 12.6. The molecule has 2 amide bonds. The third-order valence-electron chi connectivity index (χ3n) is 5.78. The van der Waals surface area contributed by atoms with E-state index in [0.29, 0.717) is 22.8 Å². The number of nitrogens with one attached hydrogen (secondary N) is 2. The lowest BCUT2D eigenvalue weighted by atomic mass is 10.2. The van der Waals surface area contributed by atoms with Gasteiger partial charge in [-0.3, -0.25) is 9.59 Å². The highest BCUT2D eigenvalue weighted by Crippen LogP contribution is 2.17. The Kier molecular flexibility index (Phi) is 9.19. The van der Waals surface area contributed by atoms with Gasteiger partial charge < -0.3 is 20.3 Å². The van der Waals surface area contributed by atoms with Crippen LogP contribution in [0, 0.1) is 0 Å². The molecular formula is C26H31N5O3S. The molecule has 1 fully saturated rings. The summed E-state index contributed by atoms with van der Waals surface area (Å²) < 4.78 is 5.65. The smallest absolute Gasteiger partial charge is 0.286 e. The molecule has 1 aliphatic heterocycles. The van der Waals surface area contributed by atoms with E-state index in [2.05, 4.69) is 25.7 Å². The van der Waals surface area contributed by atoms with E-state index in [1.54, 1.807) is 24.3 Å². The molecule has 2 N–H and O–H groups in total. The molecule has 0 saturated carbocycles. The Morgan fingerprint density at radius 1 is 0.943 bits per heavy atom. The molecule has 0 unspecified atom stereocenters. The van der Waals surface area contributed by atoms with E-state index in [1.807, 2.05) is 30.3 Å². The van der Waals surface area contributed by atoms with E-state index in [4.69, 9.17) is 4.74 Å². The van der Waals surface area contributed by atoms with Crippen molar-refractivity contribution in [3.8, 4) is 5.75 Å². The topological polar surface area (TPSA) is 96.5 Å². The molecular weight excluding hydrogens is 462 g/mol. The van der Waals surface area contributed by atoms with Gasteiger partial charge in [-0.2, -0.15) is 0 Å². The number of amides is 2. The first-order valence-corrected chi connectivity index (χ1v) is 12.9. The second kappa shape index (κ2) is 13.0. The van der Waals surface area contributed by atoms with Crippen molar-refractivity contribution in [2.75, 3.05) is 31.5 Å². The summed E-state index contributed by atoms with van der Waals surface area (Å²) in [4.78, 5) is 27.7. The average molecular weight is 494 g/mol. The fourth-order valence-electron chi connectivity index (χ4n) is 3.95. The van der Waals surface area contributed by atoms with E-state index in [-0.39, 0.29) is 23.4 Å². The van der Waals surface area contributed by atoms with Crippen molar-refractivity contribution in [1.82, 2.24) is 20.4 Å². The van der Waals surface area contributed by atoms with Crippen LogP contribution >= 0.6 is 11.3 Å². The molecule has 0 spiro atoms. The average Bonchev–Trinajstić information content (AvgIpc) is 3.22. The van der Waals surface area contributed by atoms with Crippen LogP contribution in [0.2, 0.25) is 0 Å². The van der Waals surface area contributed by atoms with Gasteiger partial charge >= 0.3 is 0 Å². The second-order valence-electron chi connectivity index (χ2n) is 8.50. The lowest BCUT2D eigenvalue weighted by molar-refractivity contribution is 0.0950. The number of nitrogens with zero attached hydrogens (tertiary/aromatic N) is 3. The molecule has 1 aromatic heterocycles. The summed E-state index contributed by atoms with van der Waals surface area (Å²) in [6, 6.07) is 16.3. The standard InChI is InChI=1S/C26H31N5O3S/c32-24(27-14-9-17-31-15-6-1-2-7-16-31)20-10-8-11-21(18-20)28-25(33)26-30-29-23(35-26)19-34-22-12-4-3-5-13-22/h3-5,8,10-13,18H,1-2,6-7,9,14-17,19H2,(H,27,32)(H,28,33). The summed E-state index contributed by atoms with van der Waals surface area (Å²) >= 11 is 1.17. The zero-order valence-electron chi connectivity index (χ0n) is 19.7. The van der Waals surface area contributed by atoms with Crippen LogP contribution < -0.4 is 15.4 Å². The summed E-state index contributed by atoms with van der Waals surface area (Å²) in [7, 11) is 0. The Morgan fingerprint density at radius 3 is 2.54 bits per heavy atom. The van der Waals surface area contributed by atoms with E-state index in [1.165, 1.54) is 37.0 Å². The highest BCUT2D eigenvalue weighted by atomic mass is 32.1. The van der Waals surface area contributed by atoms with Crippen LogP contribution in [0.15, 0.2) is 54.6 Å². The highest BCUT2D eigenvalue weighted by molar-refractivity contribution is 7.13. The number of ether oxygens (including phenoxy) is 1. The van der Waals surface area contributed by atoms with Gasteiger partial charge in [0.05, 0.1) is 0 Å². The molecule has 4 rings (SSSR count). The van der Waals surface area contributed by atoms with Crippen LogP contribution in [0.5, 0.6) is 5.75 Å². The number of rotatable bonds is 10. The molecule has 1 aliphatic rings. The van der Waals surface area contributed by atoms with Gasteiger partial charge in [0, 0.05) is 17.8 Å². The zero-order valence-corrected chi connectivity index (χ0v) is 20.6. The van der Waals surface area contributed by atoms with Crippen molar-refractivity contribution >= 4 is 28.8 Å². The molecule has 35 heavy (non-hydrogen) atoms. The number of aromatic nitrogens is 2. The Labute approximate surface area is 209 Å². The number of anilines is 1. The van der Waals surface area contributed by atoms with Crippen molar-refractivity contribution in [1.29, 1.82) is 0 Å². The third kappa shape index (κ3) is 7.87. The number of benzene rings is 2. The molecule has 184 valence electrons. The first-order valence-electron chi connectivity index (χ1n) is 12.1. The molecule has 0 atom stereocenters. The number of hydrogen-bond acceptors (Lipinski definition) is 7. The van der Waals surface area contributed by atoms with Gasteiger partial charge in [0.1, 0.15) is 12.4 Å². The Morgan fingerprint density at radius 2 is 1.74 bits per heavy atom. The zero-order chi connectivity index (χ0) is 24.3. The minimum Gasteiger partial charge on any atom is -0.486 e. The van der Waals surface area contributed by atoms with Crippen LogP contribution in [-0.2, 0) is 6.61 Å². The number of likely N-dealkylation sites (tertiary alicyclic amines) is 1. The first-order chi connectivity index (χ1) is 17.2. The number of carbonyl (C=O) groups excluding carboxylic acids is 2. The van der Waals surface area contributed by atoms with Gasteiger partial charge in [0.15, 0.2) is 5.01 Å². The molecule has 2 heterocycles. The van der Waals surface area contributed by atoms with Crippen molar-refractivity contribution in [3.05, 3.63) is 70.2 Å². The minimum absolute atomic E-state index is 0.145. The lowest BCUT2D eigenvalue weighted by Crippen LogP contribution is -2.30. The summed E-state index contributed by atoms with van der Waals surface area (Å²) in [5.74, 6) is 0.211. The predicted molar refractivity (Wildman–Crippen MR) is 137 cm³/mol. The van der Waals surface area contributed by atoms with Gasteiger partial charge in [-0.15, -0.1) is 10.2 Å². The van der Waals surface area contributed by atoms with Gasteiger partial charge in [0.2, 0.25) is 5.01 Å². The summed E-state index contributed by atoms with van der Waals surface area (Å²) in [5, 5.41) is 14.6. The minimum atomic E-state index is -0.372. The monoisotopic (exact) mass is 493 g/mol. The normalized spacial score (nSPS) is 14.2. The van der Waals surface area contributed by atoms with Crippen LogP contribution in [-0.4, -0.2) is 53.1 Å². The maximum absolute atomic E-state index is 12.6. The molecule has 0 radical (unpaired) electrons. The van der Waals surface area contributed by atoms with Gasteiger partial charge in [-0.05, 0) is 69.2 Å². The van der Waals surface area contributed by atoms with Gasteiger partial charge in [-0.25, -0.2) is 0 Å². The summed E-state index contributed by atoms with van der Waals surface area (Å²) in [5.41, 5.74) is 1.04. The second-order valence-corrected chi connectivity index (χ2v) is 9.56. The summed E-state index contributed by atoms with van der Waals surface area (Å²) in [6.45, 7) is 4.20. The van der Waals surface area contributed by atoms with E-state index < -0.39 is 0 Å². The van der Waals surface area contributed by atoms with Crippen molar-refractivity contribution < 1.29 is 14.3 Å². The molecule has 1 saturated heterocycles. The number of hydrogen-bond donors (Lipinski definition) is 2. The Bertz CT molecular complexity index is 1100. The van der Waals surface area contributed by atoms with E-state index in [9.17, 15) is 9.59 Å². The van der Waals surface area contributed by atoms with Crippen molar-refractivity contribution in [2.24, 2.45) is 0 Å². The molecule has 2 aromatic carbocycles.